The van der Waals surface area contributed by atoms with Crippen LogP contribution in [0, 0.1) is 0 Å². The monoisotopic (exact) mass is 375 g/mol. The molecule has 0 saturated heterocycles. The highest BCUT2D eigenvalue weighted by atomic mass is 32.2. The SMILES string of the molecule is COc1ccccc1[C@H](C)NS(=O)(=O)c1ccc(OC(F)(F)F)cc1. The van der Waals surface area contributed by atoms with Crippen molar-refractivity contribution >= 4 is 10.0 Å². The van der Waals surface area contributed by atoms with Crippen LogP contribution >= 0.6 is 0 Å². The smallest absolute Gasteiger partial charge is 0.496 e. The van der Waals surface area contributed by atoms with Crippen LogP contribution in [0.5, 0.6) is 11.5 Å². The number of hydrogen-bond donors (Lipinski definition) is 1. The zero-order valence-corrected chi connectivity index (χ0v) is 14.2. The van der Waals surface area contributed by atoms with Gasteiger partial charge in [-0.15, -0.1) is 13.2 Å². The summed E-state index contributed by atoms with van der Waals surface area (Å²) in [6, 6.07) is 10.3. The van der Waals surface area contributed by atoms with Crippen LogP contribution in [0.3, 0.4) is 0 Å². The number of nitrogens with one attached hydrogen (secondary N) is 1. The molecule has 0 aliphatic carbocycles. The molecule has 25 heavy (non-hydrogen) atoms. The van der Waals surface area contributed by atoms with Crippen LogP contribution in [0.1, 0.15) is 18.5 Å². The second kappa shape index (κ2) is 7.32. The highest BCUT2D eigenvalue weighted by Gasteiger charge is 2.31. The molecule has 1 atom stereocenters. The first kappa shape index (κ1) is 19.1. The number of hydrogen-bond acceptors (Lipinski definition) is 4. The predicted molar refractivity (Wildman–Crippen MR) is 84.9 cm³/mol. The van der Waals surface area contributed by atoms with Crippen LogP contribution in [0.25, 0.3) is 0 Å². The number of alkyl halides is 3. The lowest BCUT2D eigenvalue weighted by molar-refractivity contribution is -0.274. The van der Waals surface area contributed by atoms with Crippen molar-refractivity contribution in [3.63, 3.8) is 0 Å². The molecule has 0 aromatic heterocycles. The Hall–Kier alpha value is -2.26. The normalized spacial score (nSPS) is 13.3. The van der Waals surface area contributed by atoms with Gasteiger partial charge < -0.3 is 9.47 Å². The van der Waals surface area contributed by atoms with Gasteiger partial charge in [0.05, 0.1) is 12.0 Å². The van der Waals surface area contributed by atoms with E-state index in [0.717, 1.165) is 24.3 Å². The van der Waals surface area contributed by atoms with E-state index >= 15 is 0 Å². The van der Waals surface area contributed by atoms with Gasteiger partial charge in [-0.3, -0.25) is 0 Å². The Morgan fingerprint density at radius 1 is 1.04 bits per heavy atom. The van der Waals surface area contributed by atoms with Crippen LogP contribution in [0.2, 0.25) is 0 Å². The van der Waals surface area contributed by atoms with Crippen molar-refractivity contribution in [2.75, 3.05) is 7.11 Å². The molecular formula is C16H16F3NO4S. The van der Waals surface area contributed by atoms with E-state index in [9.17, 15) is 21.6 Å². The van der Waals surface area contributed by atoms with E-state index in [4.69, 9.17) is 4.74 Å². The van der Waals surface area contributed by atoms with Gasteiger partial charge in [0.2, 0.25) is 10.0 Å². The summed E-state index contributed by atoms with van der Waals surface area (Å²) in [7, 11) is -2.46. The molecule has 0 aliphatic heterocycles. The third kappa shape index (κ3) is 5.10. The molecule has 9 heteroatoms. The van der Waals surface area contributed by atoms with Crippen molar-refractivity contribution < 1.29 is 31.1 Å². The summed E-state index contributed by atoms with van der Waals surface area (Å²) >= 11 is 0. The van der Waals surface area contributed by atoms with Gasteiger partial charge in [-0.05, 0) is 37.3 Å². The fraction of sp³-hybridized carbons (Fsp3) is 0.250. The molecule has 0 spiro atoms. The summed E-state index contributed by atoms with van der Waals surface area (Å²) in [5.41, 5.74) is 0.630. The molecule has 0 saturated carbocycles. The Morgan fingerprint density at radius 2 is 1.64 bits per heavy atom. The van der Waals surface area contributed by atoms with Crippen molar-refractivity contribution in [2.24, 2.45) is 0 Å². The third-order valence-electron chi connectivity index (χ3n) is 3.30. The summed E-state index contributed by atoms with van der Waals surface area (Å²) in [6.07, 6.45) is -4.84. The van der Waals surface area contributed by atoms with Gasteiger partial charge >= 0.3 is 6.36 Å². The van der Waals surface area contributed by atoms with Crippen molar-refractivity contribution in [1.29, 1.82) is 0 Å². The number of sulfonamides is 1. The molecule has 2 aromatic rings. The van der Waals surface area contributed by atoms with Gasteiger partial charge in [0.25, 0.3) is 0 Å². The topological polar surface area (TPSA) is 64.6 Å². The summed E-state index contributed by atoms with van der Waals surface area (Å²) in [4.78, 5) is -0.177. The minimum Gasteiger partial charge on any atom is -0.496 e. The van der Waals surface area contributed by atoms with Crippen molar-refractivity contribution in [2.45, 2.75) is 24.2 Å². The Bertz CT molecular complexity index is 820. The van der Waals surface area contributed by atoms with Crippen molar-refractivity contribution in [1.82, 2.24) is 4.72 Å². The zero-order valence-electron chi connectivity index (χ0n) is 13.4. The number of ether oxygens (including phenoxy) is 2. The molecule has 2 rings (SSSR count). The molecule has 0 amide bonds. The Kier molecular flexibility index (Phi) is 5.58. The maximum atomic E-state index is 12.4. The molecule has 5 nitrogen and oxygen atoms in total. The molecule has 1 N–H and O–H groups in total. The van der Waals surface area contributed by atoms with Crippen LogP contribution in [-0.4, -0.2) is 21.9 Å². The highest BCUT2D eigenvalue weighted by molar-refractivity contribution is 7.89. The average Bonchev–Trinajstić information content (AvgIpc) is 2.53. The van der Waals surface area contributed by atoms with Crippen LogP contribution in [0.15, 0.2) is 53.4 Å². The Morgan fingerprint density at radius 3 is 2.20 bits per heavy atom. The molecular weight excluding hydrogens is 359 g/mol. The summed E-state index contributed by atoms with van der Waals surface area (Å²) < 4.78 is 72.6. The van der Waals surface area contributed by atoms with E-state index < -0.39 is 28.2 Å². The maximum absolute atomic E-state index is 12.4. The lowest BCUT2D eigenvalue weighted by Gasteiger charge is -2.17. The Balaban J connectivity index is 2.18. The first-order chi connectivity index (χ1) is 11.6. The molecule has 0 aliphatic rings. The summed E-state index contributed by atoms with van der Waals surface area (Å²) in [5.74, 6) is 0.0239. The lowest BCUT2D eigenvalue weighted by atomic mass is 10.1. The minimum atomic E-state index is -4.84. The number of para-hydroxylation sites is 1. The minimum absolute atomic E-state index is 0.177. The molecule has 0 radical (unpaired) electrons. The molecule has 136 valence electrons. The van der Waals surface area contributed by atoms with Crippen LogP contribution < -0.4 is 14.2 Å². The quantitative estimate of drug-likeness (QED) is 0.837. The van der Waals surface area contributed by atoms with E-state index in [0.29, 0.717) is 11.3 Å². The van der Waals surface area contributed by atoms with Gasteiger partial charge in [0, 0.05) is 11.6 Å². The highest BCUT2D eigenvalue weighted by Crippen LogP contribution is 2.27. The fourth-order valence-electron chi connectivity index (χ4n) is 2.21. The lowest BCUT2D eigenvalue weighted by Crippen LogP contribution is -2.27. The fourth-order valence-corrected chi connectivity index (χ4v) is 3.43. The Labute approximate surface area is 143 Å². The van der Waals surface area contributed by atoms with Crippen LogP contribution in [0.4, 0.5) is 13.2 Å². The second-order valence-corrected chi connectivity index (χ2v) is 6.82. The zero-order chi connectivity index (χ0) is 18.7. The van der Waals surface area contributed by atoms with Crippen molar-refractivity contribution in [3.05, 3.63) is 54.1 Å². The first-order valence-electron chi connectivity index (χ1n) is 7.13. The largest absolute Gasteiger partial charge is 0.573 e. The summed E-state index contributed by atoms with van der Waals surface area (Å²) in [5, 5.41) is 0. The molecule has 0 bridgehead atoms. The molecule has 0 unspecified atom stereocenters. The standard InChI is InChI=1S/C16H16F3NO4S/c1-11(14-5-3-4-6-15(14)23-2)20-25(21,22)13-9-7-12(8-10-13)24-16(17,18)19/h3-11,20H,1-2H3/t11-/m0/s1. The summed E-state index contributed by atoms with van der Waals surface area (Å²) in [6.45, 7) is 1.64. The van der Waals surface area contributed by atoms with E-state index in [1.165, 1.54) is 7.11 Å². The number of methoxy groups -OCH3 is 1. The number of benzene rings is 2. The van der Waals surface area contributed by atoms with Gasteiger partial charge in [0.15, 0.2) is 0 Å². The van der Waals surface area contributed by atoms with E-state index in [1.54, 1.807) is 31.2 Å². The molecule has 0 heterocycles. The van der Waals surface area contributed by atoms with Gasteiger partial charge in [-0.2, -0.15) is 0 Å². The van der Waals surface area contributed by atoms with Gasteiger partial charge in [-0.1, -0.05) is 18.2 Å². The maximum Gasteiger partial charge on any atom is 0.573 e. The van der Waals surface area contributed by atoms with Gasteiger partial charge in [-0.25, -0.2) is 13.1 Å². The number of rotatable bonds is 6. The third-order valence-corrected chi connectivity index (χ3v) is 4.86. The van der Waals surface area contributed by atoms with E-state index in [-0.39, 0.29) is 4.90 Å². The first-order valence-corrected chi connectivity index (χ1v) is 8.62. The number of halogens is 3. The molecule has 0 fully saturated rings. The van der Waals surface area contributed by atoms with Crippen LogP contribution in [-0.2, 0) is 10.0 Å². The van der Waals surface area contributed by atoms with E-state index in [2.05, 4.69) is 9.46 Å². The van der Waals surface area contributed by atoms with Crippen molar-refractivity contribution in [3.8, 4) is 11.5 Å². The van der Waals surface area contributed by atoms with E-state index in [1.807, 2.05) is 0 Å². The van der Waals surface area contributed by atoms with Gasteiger partial charge in [0.1, 0.15) is 11.5 Å². The molecule has 2 aromatic carbocycles. The second-order valence-electron chi connectivity index (χ2n) is 5.10. The average molecular weight is 375 g/mol. The predicted octanol–water partition coefficient (Wildman–Crippen LogP) is 3.63.